The summed E-state index contributed by atoms with van der Waals surface area (Å²) in [6.07, 6.45) is 3.18. The summed E-state index contributed by atoms with van der Waals surface area (Å²) in [5.41, 5.74) is 2.39. The van der Waals surface area contributed by atoms with E-state index in [1.165, 1.54) is 5.56 Å². The van der Waals surface area contributed by atoms with E-state index in [9.17, 15) is 4.79 Å². The number of hydrogen-bond acceptors (Lipinski definition) is 2. The van der Waals surface area contributed by atoms with Crippen molar-refractivity contribution in [2.24, 2.45) is 0 Å². The predicted octanol–water partition coefficient (Wildman–Crippen LogP) is 2.19. The van der Waals surface area contributed by atoms with Crippen LogP contribution in [0.1, 0.15) is 16.7 Å². The minimum absolute atomic E-state index is 0.793. The summed E-state index contributed by atoms with van der Waals surface area (Å²) in [6.45, 7) is 0.793. The number of benzene rings is 2. The second-order valence-corrected chi connectivity index (χ2v) is 4.55. The van der Waals surface area contributed by atoms with E-state index in [-0.39, 0.29) is 0 Å². The topological polar surface area (TPSA) is 29.1 Å². The summed E-state index contributed by atoms with van der Waals surface area (Å²) in [7, 11) is 0. The largest absolute Gasteiger partial charge is 0.297 e. The van der Waals surface area contributed by atoms with Gasteiger partial charge in [0.05, 0.1) is 0 Å². The molecule has 0 spiro atoms. The molecular formula is C16H14NO. The van der Waals surface area contributed by atoms with Crippen molar-refractivity contribution in [3.63, 3.8) is 0 Å². The Morgan fingerprint density at radius 3 is 2.50 bits per heavy atom. The third kappa shape index (κ3) is 1.57. The maximum Gasteiger partial charge on any atom is 0.230 e. The first kappa shape index (κ1) is 11.2. The number of rotatable bonds is 2. The van der Waals surface area contributed by atoms with Gasteiger partial charge in [-0.3, -0.25) is 10.1 Å². The first-order chi connectivity index (χ1) is 8.87. The van der Waals surface area contributed by atoms with Gasteiger partial charge < -0.3 is 0 Å². The van der Waals surface area contributed by atoms with Crippen LogP contribution in [0, 0.1) is 0 Å². The third-order valence-electron chi connectivity index (χ3n) is 3.57. The molecule has 0 unspecified atom stereocenters. The van der Waals surface area contributed by atoms with Gasteiger partial charge in [0.25, 0.3) is 0 Å². The summed E-state index contributed by atoms with van der Waals surface area (Å²) in [5, 5.41) is 3.33. The van der Waals surface area contributed by atoms with Crippen LogP contribution >= 0.6 is 0 Å². The molecule has 2 aromatic rings. The SMILES string of the molecule is O=[C][C@@]1(c2ccccc2)NCCc2ccccc21. The monoisotopic (exact) mass is 236 g/mol. The smallest absolute Gasteiger partial charge is 0.230 e. The molecule has 1 aliphatic heterocycles. The van der Waals surface area contributed by atoms with Gasteiger partial charge in [0.2, 0.25) is 6.29 Å². The molecule has 0 fully saturated rings. The lowest BCUT2D eigenvalue weighted by atomic mass is 9.78. The van der Waals surface area contributed by atoms with Crippen molar-refractivity contribution in [2.45, 2.75) is 12.0 Å². The van der Waals surface area contributed by atoms with E-state index < -0.39 is 5.54 Å². The zero-order valence-electron chi connectivity index (χ0n) is 10.0. The number of fused-ring (bicyclic) bond motifs is 1. The van der Waals surface area contributed by atoms with Crippen molar-refractivity contribution >= 4 is 6.29 Å². The van der Waals surface area contributed by atoms with Crippen LogP contribution in [0.3, 0.4) is 0 Å². The van der Waals surface area contributed by atoms with Gasteiger partial charge in [-0.1, -0.05) is 54.6 Å². The number of carbonyl (C=O) groups excluding carboxylic acids is 1. The van der Waals surface area contributed by atoms with Crippen LogP contribution in [0.5, 0.6) is 0 Å². The van der Waals surface area contributed by atoms with Crippen LogP contribution in [-0.4, -0.2) is 12.8 Å². The molecular weight excluding hydrogens is 222 g/mol. The first-order valence-electron chi connectivity index (χ1n) is 6.15. The average Bonchev–Trinajstić information content (AvgIpc) is 2.47. The van der Waals surface area contributed by atoms with E-state index in [2.05, 4.69) is 17.7 Å². The fraction of sp³-hybridized carbons (Fsp3) is 0.188. The van der Waals surface area contributed by atoms with Gasteiger partial charge in [0.15, 0.2) is 0 Å². The van der Waals surface area contributed by atoms with Gasteiger partial charge in [-0.05, 0) is 23.1 Å². The molecule has 89 valence electrons. The Kier molecular flexibility index (Phi) is 2.73. The van der Waals surface area contributed by atoms with Gasteiger partial charge in [0, 0.05) is 6.54 Å². The zero-order valence-corrected chi connectivity index (χ0v) is 10.0. The van der Waals surface area contributed by atoms with Crippen molar-refractivity contribution in [1.82, 2.24) is 5.32 Å². The fourth-order valence-corrected chi connectivity index (χ4v) is 2.68. The van der Waals surface area contributed by atoms with Crippen molar-refractivity contribution < 1.29 is 4.79 Å². The van der Waals surface area contributed by atoms with E-state index in [4.69, 9.17) is 0 Å². The van der Waals surface area contributed by atoms with E-state index in [0.717, 1.165) is 24.1 Å². The van der Waals surface area contributed by atoms with Crippen LogP contribution in [0.2, 0.25) is 0 Å². The summed E-state index contributed by atoms with van der Waals surface area (Å²) in [6, 6.07) is 17.9. The maximum atomic E-state index is 11.7. The minimum atomic E-state index is -0.809. The normalized spacial score (nSPS) is 22.2. The number of nitrogens with one attached hydrogen (secondary N) is 1. The molecule has 0 saturated heterocycles. The van der Waals surface area contributed by atoms with Gasteiger partial charge >= 0.3 is 0 Å². The Morgan fingerprint density at radius 2 is 1.72 bits per heavy atom. The van der Waals surface area contributed by atoms with Gasteiger partial charge in [0.1, 0.15) is 5.54 Å². The molecule has 0 saturated carbocycles. The molecule has 1 atom stereocenters. The van der Waals surface area contributed by atoms with E-state index in [1.54, 1.807) is 0 Å². The maximum absolute atomic E-state index is 11.7. The molecule has 1 radical (unpaired) electrons. The molecule has 1 heterocycles. The molecule has 0 bridgehead atoms. The highest BCUT2D eigenvalue weighted by atomic mass is 16.1. The van der Waals surface area contributed by atoms with E-state index >= 15 is 0 Å². The van der Waals surface area contributed by atoms with Crippen molar-refractivity contribution in [3.05, 3.63) is 71.3 Å². The Labute approximate surface area is 107 Å². The molecule has 2 heteroatoms. The Morgan fingerprint density at radius 1 is 1.00 bits per heavy atom. The first-order valence-corrected chi connectivity index (χ1v) is 6.15. The lowest BCUT2D eigenvalue weighted by Crippen LogP contribution is -2.49. The van der Waals surface area contributed by atoms with Gasteiger partial charge in [-0.15, -0.1) is 0 Å². The molecule has 0 amide bonds. The van der Waals surface area contributed by atoms with Gasteiger partial charge in [-0.25, -0.2) is 0 Å². The van der Waals surface area contributed by atoms with Crippen molar-refractivity contribution in [3.8, 4) is 0 Å². The molecule has 1 aliphatic rings. The predicted molar refractivity (Wildman–Crippen MR) is 71.1 cm³/mol. The molecule has 3 rings (SSSR count). The van der Waals surface area contributed by atoms with Crippen molar-refractivity contribution in [1.29, 1.82) is 0 Å². The summed E-state index contributed by atoms with van der Waals surface area (Å²) < 4.78 is 0. The standard InChI is InChI=1S/C16H14NO/c18-12-16(14-7-2-1-3-8-14)15-9-5-4-6-13(15)10-11-17-16/h1-9,17H,10-11H2/t16-/m0/s1. The van der Waals surface area contributed by atoms with Gasteiger partial charge in [-0.2, -0.15) is 0 Å². The highest BCUT2D eigenvalue weighted by molar-refractivity contribution is 5.76. The van der Waals surface area contributed by atoms with E-state index in [0.29, 0.717) is 0 Å². The zero-order chi connectivity index (χ0) is 12.4. The Bertz CT molecular complexity index is 564. The highest BCUT2D eigenvalue weighted by Gasteiger charge is 2.38. The van der Waals surface area contributed by atoms with Crippen LogP contribution < -0.4 is 5.32 Å². The second kappa shape index (κ2) is 4.39. The lowest BCUT2D eigenvalue weighted by Gasteiger charge is -2.35. The molecule has 1 N–H and O–H groups in total. The van der Waals surface area contributed by atoms with E-state index in [1.807, 2.05) is 48.5 Å². The van der Waals surface area contributed by atoms with Crippen LogP contribution in [-0.2, 0) is 16.8 Å². The minimum Gasteiger partial charge on any atom is -0.297 e. The fourth-order valence-electron chi connectivity index (χ4n) is 2.68. The molecule has 0 aliphatic carbocycles. The summed E-state index contributed by atoms with van der Waals surface area (Å²) in [5.74, 6) is 0. The Hall–Kier alpha value is -1.93. The molecule has 18 heavy (non-hydrogen) atoms. The van der Waals surface area contributed by atoms with Crippen LogP contribution in [0.15, 0.2) is 54.6 Å². The third-order valence-corrected chi connectivity index (χ3v) is 3.57. The highest BCUT2D eigenvalue weighted by Crippen LogP contribution is 2.33. The lowest BCUT2D eigenvalue weighted by molar-refractivity contribution is 0.444. The molecule has 2 nitrogen and oxygen atoms in total. The van der Waals surface area contributed by atoms with Crippen LogP contribution in [0.4, 0.5) is 0 Å². The van der Waals surface area contributed by atoms with Crippen LogP contribution in [0.25, 0.3) is 0 Å². The Balaban J connectivity index is 2.23. The number of hydrogen-bond donors (Lipinski definition) is 1. The summed E-state index contributed by atoms with van der Waals surface area (Å²) in [4.78, 5) is 11.7. The van der Waals surface area contributed by atoms with Crippen molar-refractivity contribution in [2.75, 3.05) is 6.54 Å². The molecule has 2 aromatic carbocycles. The average molecular weight is 236 g/mol. The molecule has 0 aromatic heterocycles. The second-order valence-electron chi connectivity index (χ2n) is 4.55. The summed E-state index contributed by atoms with van der Waals surface area (Å²) >= 11 is 0. The quantitative estimate of drug-likeness (QED) is 0.866.